The molecule has 2 rings (SSSR count). The SMILES string of the molecule is CO[C@H]1CN(Cc2cccc(C)n2)C[C@@H]1O. The van der Waals surface area contributed by atoms with Gasteiger partial charge < -0.3 is 9.84 Å². The van der Waals surface area contributed by atoms with Crippen molar-refractivity contribution in [2.45, 2.75) is 25.7 Å². The fraction of sp³-hybridized carbons (Fsp3) is 0.583. The number of aryl methyl sites for hydroxylation is 1. The molecule has 1 fully saturated rings. The van der Waals surface area contributed by atoms with Crippen LogP contribution in [0.5, 0.6) is 0 Å². The van der Waals surface area contributed by atoms with Crippen molar-refractivity contribution in [3.63, 3.8) is 0 Å². The van der Waals surface area contributed by atoms with Crippen LogP contribution in [0.3, 0.4) is 0 Å². The van der Waals surface area contributed by atoms with E-state index in [1.54, 1.807) is 7.11 Å². The number of aliphatic hydroxyl groups excluding tert-OH is 1. The van der Waals surface area contributed by atoms with E-state index < -0.39 is 0 Å². The molecule has 0 bridgehead atoms. The van der Waals surface area contributed by atoms with Crippen LogP contribution in [0.25, 0.3) is 0 Å². The highest BCUT2D eigenvalue weighted by atomic mass is 16.5. The lowest BCUT2D eigenvalue weighted by molar-refractivity contribution is 0.0214. The van der Waals surface area contributed by atoms with Gasteiger partial charge in [-0.25, -0.2) is 0 Å². The predicted molar refractivity (Wildman–Crippen MR) is 61.1 cm³/mol. The summed E-state index contributed by atoms with van der Waals surface area (Å²) in [6.07, 6.45) is -0.445. The van der Waals surface area contributed by atoms with Crippen LogP contribution in [0.4, 0.5) is 0 Å². The number of aromatic nitrogens is 1. The molecule has 16 heavy (non-hydrogen) atoms. The largest absolute Gasteiger partial charge is 0.389 e. The number of hydrogen-bond acceptors (Lipinski definition) is 4. The molecule has 0 amide bonds. The molecule has 4 nitrogen and oxygen atoms in total. The summed E-state index contributed by atoms with van der Waals surface area (Å²) in [5, 5.41) is 9.70. The van der Waals surface area contributed by atoms with Crippen molar-refractivity contribution in [2.24, 2.45) is 0 Å². The Hall–Kier alpha value is -0.970. The minimum absolute atomic E-state index is 0.0650. The summed E-state index contributed by atoms with van der Waals surface area (Å²) in [5.41, 5.74) is 2.07. The van der Waals surface area contributed by atoms with Crippen LogP contribution in [0.1, 0.15) is 11.4 Å². The van der Waals surface area contributed by atoms with Crippen molar-refractivity contribution in [3.05, 3.63) is 29.6 Å². The second-order valence-corrected chi connectivity index (χ2v) is 4.31. The van der Waals surface area contributed by atoms with Gasteiger partial charge in [0.1, 0.15) is 0 Å². The van der Waals surface area contributed by atoms with E-state index in [2.05, 4.69) is 9.88 Å². The molecule has 0 saturated carbocycles. The van der Waals surface area contributed by atoms with E-state index in [-0.39, 0.29) is 12.2 Å². The molecule has 2 heterocycles. The Balaban J connectivity index is 1.96. The summed E-state index contributed by atoms with van der Waals surface area (Å²) < 4.78 is 5.20. The zero-order chi connectivity index (χ0) is 11.5. The molecule has 0 aliphatic carbocycles. The Morgan fingerprint density at radius 3 is 2.94 bits per heavy atom. The molecule has 0 spiro atoms. The van der Waals surface area contributed by atoms with E-state index >= 15 is 0 Å². The Bertz CT molecular complexity index is 357. The van der Waals surface area contributed by atoms with Gasteiger partial charge in [0.15, 0.2) is 0 Å². The lowest BCUT2D eigenvalue weighted by atomic mass is 10.3. The van der Waals surface area contributed by atoms with Crippen molar-refractivity contribution < 1.29 is 9.84 Å². The molecule has 0 radical (unpaired) electrons. The number of likely N-dealkylation sites (tertiary alicyclic amines) is 1. The zero-order valence-electron chi connectivity index (χ0n) is 9.76. The second-order valence-electron chi connectivity index (χ2n) is 4.31. The Morgan fingerprint density at radius 2 is 2.31 bits per heavy atom. The number of nitrogens with zero attached hydrogens (tertiary/aromatic N) is 2. The summed E-state index contributed by atoms with van der Waals surface area (Å²) in [5.74, 6) is 0. The maximum absolute atomic E-state index is 9.70. The highest BCUT2D eigenvalue weighted by Gasteiger charge is 2.31. The highest BCUT2D eigenvalue weighted by molar-refractivity contribution is 5.10. The van der Waals surface area contributed by atoms with Crippen LogP contribution < -0.4 is 0 Å². The molecule has 1 saturated heterocycles. The molecule has 1 aliphatic heterocycles. The van der Waals surface area contributed by atoms with Crippen molar-refractivity contribution in [1.29, 1.82) is 0 Å². The van der Waals surface area contributed by atoms with Gasteiger partial charge in [-0.3, -0.25) is 9.88 Å². The van der Waals surface area contributed by atoms with E-state index in [4.69, 9.17) is 4.74 Å². The average molecular weight is 222 g/mol. The molecule has 1 aromatic heterocycles. The summed E-state index contributed by atoms with van der Waals surface area (Å²) in [6, 6.07) is 6.01. The maximum atomic E-state index is 9.70. The van der Waals surface area contributed by atoms with E-state index in [0.29, 0.717) is 6.54 Å². The van der Waals surface area contributed by atoms with Gasteiger partial charge in [-0.15, -0.1) is 0 Å². The highest BCUT2D eigenvalue weighted by Crippen LogP contribution is 2.15. The summed E-state index contributed by atoms with van der Waals surface area (Å²) in [7, 11) is 1.64. The molecule has 88 valence electrons. The smallest absolute Gasteiger partial charge is 0.0969 e. The van der Waals surface area contributed by atoms with Crippen LogP contribution in [0.15, 0.2) is 18.2 Å². The molecular weight excluding hydrogens is 204 g/mol. The van der Waals surface area contributed by atoms with Gasteiger partial charge in [-0.1, -0.05) is 6.07 Å². The van der Waals surface area contributed by atoms with Gasteiger partial charge in [0.05, 0.1) is 17.9 Å². The van der Waals surface area contributed by atoms with Crippen LogP contribution in [0.2, 0.25) is 0 Å². The molecular formula is C12H18N2O2. The third-order valence-electron chi connectivity index (χ3n) is 2.95. The number of aliphatic hydroxyl groups is 1. The van der Waals surface area contributed by atoms with Gasteiger partial charge in [0.2, 0.25) is 0 Å². The molecule has 1 aromatic rings. The first-order valence-electron chi connectivity index (χ1n) is 5.55. The first-order valence-corrected chi connectivity index (χ1v) is 5.55. The number of ether oxygens (including phenoxy) is 1. The first-order chi connectivity index (χ1) is 7.69. The number of hydrogen-bond donors (Lipinski definition) is 1. The lowest BCUT2D eigenvalue weighted by Crippen LogP contribution is -2.25. The number of pyridine rings is 1. The number of rotatable bonds is 3. The van der Waals surface area contributed by atoms with Crippen molar-refractivity contribution in [1.82, 2.24) is 9.88 Å². The average Bonchev–Trinajstić information content (AvgIpc) is 2.58. The predicted octanol–water partition coefficient (Wildman–Crippen LogP) is 0.582. The van der Waals surface area contributed by atoms with Crippen LogP contribution in [-0.2, 0) is 11.3 Å². The van der Waals surface area contributed by atoms with Crippen LogP contribution in [-0.4, -0.2) is 47.4 Å². The summed E-state index contributed by atoms with van der Waals surface area (Å²) in [4.78, 5) is 6.62. The van der Waals surface area contributed by atoms with E-state index in [9.17, 15) is 5.11 Å². The van der Waals surface area contributed by atoms with Crippen LogP contribution >= 0.6 is 0 Å². The fourth-order valence-corrected chi connectivity index (χ4v) is 2.11. The normalized spacial score (nSPS) is 26.2. The molecule has 1 aliphatic rings. The molecule has 2 atom stereocenters. The number of methoxy groups -OCH3 is 1. The third kappa shape index (κ3) is 2.58. The van der Waals surface area contributed by atoms with E-state index in [1.807, 2.05) is 25.1 Å². The van der Waals surface area contributed by atoms with Crippen LogP contribution in [0, 0.1) is 6.92 Å². The summed E-state index contributed by atoms with van der Waals surface area (Å²) >= 11 is 0. The minimum atomic E-state index is -0.380. The van der Waals surface area contributed by atoms with Gasteiger partial charge in [0, 0.05) is 32.4 Å². The fourth-order valence-electron chi connectivity index (χ4n) is 2.11. The minimum Gasteiger partial charge on any atom is -0.389 e. The van der Waals surface area contributed by atoms with Gasteiger partial charge in [-0.05, 0) is 19.1 Å². The van der Waals surface area contributed by atoms with E-state index in [0.717, 1.165) is 24.5 Å². The molecule has 4 heteroatoms. The Labute approximate surface area is 95.9 Å². The van der Waals surface area contributed by atoms with Crippen molar-refractivity contribution in [3.8, 4) is 0 Å². The lowest BCUT2D eigenvalue weighted by Gasteiger charge is -2.14. The second kappa shape index (κ2) is 4.91. The zero-order valence-corrected chi connectivity index (χ0v) is 9.76. The summed E-state index contributed by atoms with van der Waals surface area (Å²) in [6.45, 7) is 4.19. The Morgan fingerprint density at radius 1 is 1.50 bits per heavy atom. The third-order valence-corrected chi connectivity index (χ3v) is 2.95. The number of β-amino-alcohol motifs (C(OH)–C–C–N with tert-alkyl or cyclic N) is 1. The van der Waals surface area contributed by atoms with Crippen molar-refractivity contribution >= 4 is 0 Å². The van der Waals surface area contributed by atoms with Crippen molar-refractivity contribution in [2.75, 3.05) is 20.2 Å². The first kappa shape index (κ1) is 11.5. The van der Waals surface area contributed by atoms with Gasteiger partial charge >= 0.3 is 0 Å². The van der Waals surface area contributed by atoms with E-state index in [1.165, 1.54) is 0 Å². The topological polar surface area (TPSA) is 45.6 Å². The van der Waals surface area contributed by atoms with Gasteiger partial charge in [0.25, 0.3) is 0 Å². The monoisotopic (exact) mass is 222 g/mol. The molecule has 0 aromatic carbocycles. The maximum Gasteiger partial charge on any atom is 0.0969 e. The Kier molecular flexibility index (Phi) is 3.53. The molecule has 0 unspecified atom stereocenters. The van der Waals surface area contributed by atoms with Gasteiger partial charge in [-0.2, -0.15) is 0 Å². The standard InChI is InChI=1S/C12H18N2O2/c1-9-4-3-5-10(13-9)6-14-7-11(15)12(8-14)16-2/h3-5,11-12,15H,6-8H2,1-2H3/t11-,12-/m0/s1. The quantitative estimate of drug-likeness (QED) is 0.812. The molecule has 1 N–H and O–H groups in total.